The first-order valence-electron chi connectivity index (χ1n) is 9.74. The Morgan fingerprint density at radius 3 is 2.25 bits per heavy atom. The fourth-order valence-corrected chi connectivity index (χ4v) is 3.55. The first-order valence-corrected chi connectivity index (χ1v) is 9.74. The molecule has 3 aromatic rings. The topological polar surface area (TPSA) is 23.5 Å². The number of hydrogen-bond acceptors (Lipinski definition) is 2. The van der Waals surface area contributed by atoms with E-state index in [2.05, 4.69) is 36.9 Å². The molecule has 0 aromatic heterocycles. The Labute approximate surface area is 167 Å². The predicted molar refractivity (Wildman–Crippen MR) is 113 cm³/mol. The van der Waals surface area contributed by atoms with Gasteiger partial charge in [0.2, 0.25) is 0 Å². The van der Waals surface area contributed by atoms with Crippen LogP contribution < -0.4 is 0 Å². The van der Waals surface area contributed by atoms with Crippen molar-refractivity contribution in [1.29, 1.82) is 0 Å². The number of halogens is 1. The highest BCUT2D eigenvalue weighted by molar-refractivity contribution is 5.30. The first kappa shape index (κ1) is 20.2. The fourth-order valence-electron chi connectivity index (χ4n) is 3.55. The second-order valence-corrected chi connectivity index (χ2v) is 7.57. The lowest BCUT2D eigenvalue weighted by molar-refractivity contribution is 0.104. The molecule has 2 nitrogen and oxygen atoms in total. The average Bonchev–Trinajstić information content (AvgIpc) is 2.66. The molecule has 0 saturated carbocycles. The van der Waals surface area contributed by atoms with E-state index in [1.807, 2.05) is 42.5 Å². The molecule has 0 heterocycles. The van der Waals surface area contributed by atoms with Crippen LogP contribution in [0.1, 0.15) is 27.8 Å². The second-order valence-electron chi connectivity index (χ2n) is 7.57. The van der Waals surface area contributed by atoms with Crippen LogP contribution in [0.5, 0.6) is 0 Å². The van der Waals surface area contributed by atoms with E-state index < -0.39 is 6.10 Å². The second kappa shape index (κ2) is 9.63. The van der Waals surface area contributed by atoms with Crippen LogP contribution in [0.25, 0.3) is 0 Å². The Morgan fingerprint density at radius 1 is 0.857 bits per heavy atom. The van der Waals surface area contributed by atoms with Crippen LogP contribution in [-0.4, -0.2) is 22.7 Å². The normalized spacial score (nSPS) is 12.3. The summed E-state index contributed by atoms with van der Waals surface area (Å²) in [5.74, 6) is -0.228. The van der Waals surface area contributed by atoms with E-state index in [4.69, 9.17) is 0 Å². The Bertz CT molecular complexity index is 877. The number of aliphatic hydroxyl groups is 1. The van der Waals surface area contributed by atoms with Gasteiger partial charge in [0.25, 0.3) is 0 Å². The van der Waals surface area contributed by atoms with Gasteiger partial charge in [0.1, 0.15) is 5.82 Å². The lowest BCUT2D eigenvalue weighted by atomic mass is 10.0. The SMILES string of the molecule is Cc1ccc(CN(Cc2ccc(F)cc2)C[C@H](O)Cc2ccccc2)c(C)c1. The van der Waals surface area contributed by atoms with Crippen LogP contribution in [0, 0.1) is 19.7 Å². The molecule has 0 radical (unpaired) electrons. The van der Waals surface area contributed by atoms with Crippen molar-refractivity contribution in [3.05, 3.63) is 106 Å². The average molecular weight is 378 g/mol. The van der Waals surface area contributed by atoms with Gasteiger partial charge >= 0.3 is 0 Å². The van der Waals surface area contributed by atoms with Gasteiger partial charge in [-0.15, -0.1) is 0 Å². The molecule has 146 valence electrons. The van der Waals surface area contributed by atoms with Crippen LogP contribution >= 0.6 is 0 Å². The van der Waals surface area contributed by atoms with Gasteiger partial charge in [-0.05, 0) is 54.7 Å². The minimum absolute atomic E-state index is 0.228. The molecule has 0 amide bonds. The maximum absolute atomic E-state index is 13.3. The van der Waals surface area contributed by atoms with Crippen LogP contribution in [-0.2, 0) is 19.5 Å². The summed E-state index contributed by atoms with van der Waals surface area (Å²) in [6.07, 6.45) is 0.154. The van der Waals surface area contributed by atoms with Crippen molar-refractivity contribution >= 4 is 0 Å². The zero-order valence-electron chi connectivity index (χ0n) is 16.6. The highest BCUT2D eigenvalue weighted by Crippen LogP contribution is 2.17. The van der Waals surface area contributed by atoms with E-state index >= 15 is 0 Å². The highest BCUT2D eigenvalue weighted by atomic mass is 19.1. The van der Waals surface area contributed by atoms with Gasteiger partial charge in [-0.25, -0.2) is 4.39 Å². The van der Waals surface area contributed by atoms with Crippen molar-refractivity contribution in [1.82, 2.24) is 4.90 Å². The van der Waals surface area contributed by atoms with Crippen LogP contribution in [0.4, 0.5) is 4.39 Å². The van der Waals surface area contributed by atoms with Gasteiger partial charge in [-0.3, -0.25) is 4.90 Å². The van der Waals surface area contributed by atoms with E-state index in [9.17, 15) is 9.50 Å². The monoisotopic (exact) mass is 377 g/mol. The summed E-state index contributed by atoms with van der Waals surface area (Å²) in [6, 6.07) is 23.1. The molecule has 0 unspecified atom stereocenters. The molecule has 0 aliphatic heterocycles. The van der Waals surface area contributed by atoms with Gasteiger partial charge in [-0.2, -0.15) is 0 Å². The molecule has 0 aliphatic carbocycles. The number of hydrogen-bond donors (Lipinski definition) is 1. The minimum atomic E-state index is -0.464. The molecule has 28 heavy (non-hydrogen) atoms. The smallest absolute Gasteiger partial charge is 0.123 e. The summed E-state index contributed by atoms with van der Waals surface area (Å²) in [5, 5.41) is 10.7. The molecule has 0 bridgehead atoms. The van der Waals surface area contributed by atoms with Gasteiger partial charge in [0, 0.05) is 19.6 Å². The summed E-state index contributed by atoms with van der Waals surface area (Å²) in [6.45, 7) is 6.18. The Kier molecular flexibility index (Phi) is 6.96. The quantitative estimate of drug-likeness (QED) is 0.594. The summed E-state index contributed by atoms with van der Waals surface area (Å²) in [7, 11) is 0. The number of aliphatic hydroxyl groups excluding tert-OH is 1. The van der Waals surface area contributed by atoms with Crippen molar-refractivity contribution in [2.75, 3.05) is 6.54 Å². The third-order valence-electron chi connectivity index (χ3n) is 4.99. The van der Waals surface area contributed by atoms with Crippen molar-refractivity contribution in [2.45, 2.75) is 39.5 Å². The Morgan fingerprint density at radius 2 is 1.57 bits per heavy atom. The molecule has 3 rings (SSSR count). The highest BCUT2D eigenvalue weighted by Gasteiger charge is 2.15. The summed E-state index contributed by atoms with van der Waals surface area (Å²) in [4.78, 5) is 2.23. The standard InChI is InChI=1S/C25H28FNO/c1-19-8-11-23(20(2)14-19)17-27(16-22-9-12-24(26)13-10-22)18-25(28)15-21-6-4-3-5-7-21/h3-14,25,28H,15-18H2,1-2H3/t25-/m1/s1. The number of nitrogens with zero attached hydrogens (tertiary/aromatic N) is 1. The molecule has 3 heteroatoms. The lowest BCUT2D eigenvalue weighted by Gasteiger charge is -2.26. The van der Waals surface area contributed by atoms with Crippen molar-refractivity contribution < 1.29 is 9.50 Å². The maximum Gasteiger partial charge on any atom is 0.123 e. The van der Waals surface area contributed by atoms with E-state index in [0.717, 1.165) is 17.7 Å². The molecule has 0 aliphatic rings. The maximum atomic E-state index is 13.3. The third kappa shape index (κ3) is 6.01. The zero-order valence-corrected chi connectivity index (χ0v) is 16.6. The molecular weight excluding hydrogens is 349 g/mol. The van der Waals surface area contributed by atoms with Gasteiger partial charge in [0.05, 0.1) is 6.10 Å². The zero-order chi connectivity index (χ0) is 19.9. The Balaban J connectivity index is 1.73. The van der Waals surface area contributed by atoms with E-state index in [1.165, 1.54) is 28.8 Å². The van der Waals surface area contributed by atoms with Crippen molar-refractivity contribution in [3.8, 4) is 0 Å². The van der Waals surface area contributed by atoms with Crippen LogP contribution in [0.3, 0.4) is 0 Å². The molecule has 1 atom stereocenters. The van der Waals surface area contributed by atoms with E-state index in [0.29, 0.717) is 19.5 Å². The van der Waals surface area contributed by atoms with Crippen LogP contribution in [0.15, 0.2) is 72.8 Å². The summed E-state index contributed by atoms with van der Waals surface area (Å²) >= 11 is 0. The van der Waals surface area contributed by atoms with Crippen molar-refractivity contribution in [2.24, 2.45) is 0 Å². The third-order valence-corrected chi connectivity index (χ3v) is 4.99. The Hall–Kier alpha value is -2.49. The molecule has 1 N–H and O–H groups in total. The largest absolute Gasteiger partial charge is 0.391 e. The lowest BCUT2D eigenvalue weighted by Crippen LogP contribution is -2.33. The summed E-state index contributed by atoms with van der Waals surface area (Å²) in [5.41, 5.74) is 5.91. The molecule has 0 saturated heterocycles. The number of benzene rings is 3. The fraction of sp³-hybridized carbons (Fsp3) is 0.280. The molecule has 3 aromatic carbocycles. The minimum Gasteiger partial charge on any atom is -0.391 e. The number of rotatable bonds is 8. The summed E-state index contributed by atoms with van der Waals surface area (Å²) < 4.78 is 13.3. The van der Waals surface area contributed by atoms with Crippen molar-refractivity contribution in [3.63, 3.8) is 0 Å². The van der Waals surface area contributed by atoms with Gasteiger partial charge in [-0.1, -0.05) is 66.2 Å². The van der Waals surface area contributed by atoms with Gasteiger partial charge in [0.15, 0.2) is 0 Å². The molecule has 0 spiro atoms. The van der Waals surface area contributed by atoms with E-state index in [-0.39, 0.29) is 5.82 Å². The molecule has 0 fully saturated rings. The first-order chi connectivity index (χ1) is 13.5. The number of aryl methyl sites for hydroxylation is 2. The molecular formula is C25H28FNO. The van der Waals surface area contributed by atoms with Crippen LogP contribution in [0.2, 0.25) is 0 Å². The van der Waals surface area contributed by atoms with Gasteiger partial charge < -0.3 is 5.11 Å². The van der Waals surface area contributed by atoms with E-state index in [1.54, 1.807) is 0 Å². The predicted octanol–water partition coefficient (Wildman–Crippen LogP) is 5.05.